The van der Waals surface area contributed by atoms with Crippen molar-refractivity contribution in [1.82, 2.24) is 10.2 Å². The van der Waals surface area contributed by atoms with E-state index in [1.54, 1.807) is 4.90 Å². The summed E-state index contributed by atoms with van der Waals surface area (Å²) in [5.74, 6) is 1.15. The van der Waals surface area contributed by atoms with Crippen molar-refractivity contribution in [2.45, 2.75) is 44.6 Å². The molecule has 1 aliphatic heterocycles. The molecule has 4 nitrogen and oxygen atoms in total. The van der Waals surface area contributed by atoms with Crippen molar-refractivity contribution in [3.63, 3.8) is 0 Å². The van der Waals surface area contributed by atoms with Gasteiger partial charge in [0, 0.05) is 6.54 Å². The topological polar surface area (TPSA) is 49.4 Å². The highest BCUT2D eigenvalue weighted by atomic mass is 16.2. The van der Waals surface area contributed by atoms with E-state index >= 15 is 0 Å². The lowest BCUT2D eigenvalue weighted by atomic mass is 9.84. The normalized spacial score (nSPS) is 34.5. The molecule has 3 fully saturated rings. The van der Waals surface area contributed by atoms with E-state index in [4.69, 9.17) is 0 Å². The van der Waals surface area contributed by atoms with Crippen LogP contribution in [0.25, 0.3) is 0 Å². The highest BCUT2D eigenvalue weighted by Gasteiger charge is 2.52. The number of hydrogen-bond donors (Lipinski definition) is 1. The summed E-state index contributed by atoms with van der Waals surface area (Å²) < 4.78 is 0. The van der Waals surface area contributed by atoms with E-state index in [-0.39, 0.29) is 18.4 Å². The van der Waals surface area contributed by atoms with Crippen LogP contribution in [0.3, 0.4) is 0 Å². The second-order valence-corrected chi connectivity index (χ2v) is 6.01. The number of piperazine rings is 1. The lowest BCUT2D eigenvalue weighted by Crippen LogP contribution is -2.67. The fraction of sp³-hybridized carbons (Fsp3) is 0.846. The van der Waals surface area contributed by atoms with Gasteiger partial charge < -0.3 is 10.2 Å². The SMILES string of the molecule is CC1(C2CC2)NC(=O)CN(CC2CCC2)C1=O. The quantitative estimate of drug-likeness (QED) is 0.792. The van der Waals surface area contributed by atoms with Crippen LogP contribution in [-0.4, -0.2) is 35.3 Å². The van der Waals surface area contributed by atoms with Crippen LogP contribution in [-0.2, 0) is 9.59 Å². The largest absolute Gasteiger partial charge is 0.340 e. The standard InChI is InChI=1S/C13H20N2O2/c1-13(10-5-6-10)12(17)15(8-11(16)14-13)7-9-3-2-4-9/h9-10H,2-8H2,1H3,(H,14,16). The van der Waals surface area contributed by atoms with Gasteiger partial charge in [0.15, 0.2) is 0 Å². The molecule has 3 aliphatic rings. The zero-order valence-electron chi connectivity index (χ0n) is 10.4. The van der Waals surface area contributed by atoms with Gasteiger partial charge in [0.05, 0.1) is 6.54 Å². The predicted octanol–water partition coefficient (Wildman–Crippen LogP) is 0.914. The first-order valence-electron chi connectivity index (χ1n) is 6.70. The van der Waals surface area contributed by atoms with Gasteiger partial charge in [0.2, 0.25) is 11.8 Å². The van der Waals surface area contributed by atoms with E-state index in [9.17, 15) is 9.59 Å². The number of hydrogen-bond acceptors (Lipinski definition) is 2. The molecule has 2 saturated carbocycles. The van der Waals surface area contributed by atoms with Crippen molar-refractivity contribution < 1.29 is 9.59 Å². The van der Waals surface area contributed by atoms with E-state index < -0.39 is 5.54 Å². The molecule has 0 bridgehead atoms. The second-order valence-electron chi connectivity index (χ2n) is 6.01. The summed E-state index contributed by atoms with van der Waals surface area (Å²) in [6.45, 7) is 2.95. The van der Waals surface area contributed by atoms with Gasteiger partial charge in [-0.3, -0.25) is 9.59 Å². The van der Waals surface area contributed by atoms with E-state index in [0.29, 0.717) is 11.8 Å². The molecule has 1 N–H and O–H groups in total. The Hall–Kier alpha value is -1.06. The average Bonchev–Trinajstić information content (AvgIpc) is 3.02. The molecule has 0 aromatic carbocycles. The van der Waals surface area contributed by atoms with Crippen LogP contribution in [0.1, 0.15) is 39.0 Å². The molecular weight excluding hydrogens is 216 g/mol. The summed E-state index contributed by atoms with van der Waals surface area (Å²) in [6.07, 6.45) is 5.84. The Morgan fingerprint density at radius 1 is 1.29 bits per heavy atom. The van der Waals surface area contributed by atoms with Crippen LogP contribution in [0.5, 0.6) is 0 Å². The lowest BCUT2D eigenvalue weighted by molar-refractivity contribution is -0.151. The predicted molar refractivity (Wildman–Crippen MR) is 63.2 cm³/mol. The van der Waals surface area contributed by atoms with Crippen LogP contribution in [0.2, 0.25) is 0 Å². The van der Waals surface area contributed by atoms with Gasteiger partial charge in [0.25, 0.3) is 0 Å². The smallest absolute Gasteiger partial charge is 0.248 e. The molecule has 1 heterocycles. The zero-order valence-corrected chi connectivity index (χ0v) is 10.4. The fourth-order valence-electron chi connectivity index (χ4n) is 3.03. The number of nitrogens with one attached hydrogen (secondary N) is 1. The van der Waals surface area contributed by atoms with Gasteiger partial charge >= 0.3 is 0 Å². The van der Waals surface area contributed by atoms with Gasteiger partial charge in [-0.1, -0.05) is 6.42 Å². The second kappa shape index (κ2) is 3.72. The molecule has 17 heavy (non-hydrogen) atoms. The van der Waals surface area contributed by atoms with Crippen molar-refractivity contribution >= 4 is 11.8 Å². The van der Waals surface area contributed by atoms with Crippen LogP contribution in [0, 0.1) is 11.8 Å². The third-order valence-electron chi connectivity index (χ3n) is 4.56. The Bertz CT molecular complexity index is 360. The molecule has 1 unspecified atom stereocenters. The Balaban J connectivity index is 1.74. The van der Waals surface area contributed by atoms with Crippen molar-refractivity contribution in [1.29, 1.82) is 0 Å². The molecule has 0 aromatic heterocycles. The summed E-state index contributed by atoms with van der Waals surface area (Å²) in [4.78, 5) is 26.0. The summed E-state index contributed by atoms with van der Waals surface area (Å²) in [5, 5.41) is 2.91. The minimum absolute atomic E-state index is 0.0123. The van der Waals surface area contributed by atoms with Gasteiger partial charge in [-0.15, -0.1) is 0 Å². The number of carbonyl (C=O) groups excluding carboxylic acids is 2. The lowest BCUT2D eigenvalue weighted by Gasteiger charge is -2.42. The van der Waals surface area contributed by atoms with Crippen LogP contribution in [0.4, 0.5) is 0 Å². The van der Waals surface area contributed by atoms with E-state index in [1.807, 2.05) is 6.92 Å². The highest BCUT2D eigenvalue weighted by Crippen LogP contribution is 2.42. The molecule has 2 amide bonds. The number of nitrogens with zero attached hydrogens (tertiary/aromatic N) is 1. The maximum absolute atomic E-state index is 12.5. The number of carbonyl (C=O) groups is 2. The monoisotopic (exact) mass is 236 g/mol. The summed E-state index contributed by atoms with van der Waals surface area (Å²) in [6, 6.07) is 0. The van der Waals surface area contributed by atoms with Crippen LogP contribution in [0.15, 0.2) is 0 Å². The number of rotatable bonds is 3. The van der Waals surface area contributed by atoms with Gasteiger partial charge in [0.1, 0.15) is 5.54 Å². The Morgan fingerprint density at radius 3 is 2.53 bits per heavy atom. The molecule has 1 saturated heterocycles. The van der Waals surface area contributed by atoms with E-state index in [0.717, 1.165) is 19.4 Å². The van der Waals surface area contributed by atoms with Crippen molar-refractivity contribution in [2.75, 3.05) is 13.1 Å². The first kappa shape index (κ1) is 11.1. The molecule has 4 heteroatoms. The summed E-state index contributed by atoms with van der Waals surface area (Å²) in [7, 11) is 0. The molecule has 2 aliphatic carbocycles. The Labute approximate surface area is 102 Å². The molecule has 1 atom stereocenters. The van der Waals surface area contributed by atoms with Crippen LogP contribution < -0.4 is 5.32 Å². The van der Waals surface area contributed by atoms with Gasteiger partial charge in [-0.2, -0.15) is 0 Å². The molecule has 0 aromatic rings. The minimum Gasteiger partial charge on any atom is -0.340 e. The third-order valence-corrected chi connectivity index (χ3v) is 4.56. The van der Waals surface area contributed by atoms with Crippen molar-refractivity contribution in [2.24, 2.45) is 11.8 Å². The first-order chi connectivity index (χ1) is 8.09. The first-order valence-corrected chi connectivity index (χ1v) is 6.70. The highest BCUT2D eigenvalue weighted by molar-refractivity contribution is 5.98. The van der Waals surface area contributed by atoms with E-state index in [1.165, 1.54) is 19.3 Å². The van der Waals surface area contributed by atoms with Crippen molar-refractivity contribution in [3.8, 4) is 0 Å². The fourth-order valence-corrected chi connectivity index (χ4v) is 3.03. The Kier molecular flexibility index (Phi) is 2.42. The molecular formula is C13H20N2O2. The summed E-state index contributed by atoms with van der Waals surface area (Å²) in [5.41, 5.74) is -0.612. The molecule has 0 spiro atoms. The maximum Gasteiger partial charge on any atom is 0.248 e. The van der Waals surface area contributed by atoms with Gasteiger partial charge in [-0.25, -0.2) is 0 Å². The Morgan fingerprint density at radius 2 is 2.00 bits per heavy atom. The number of amides is 2. The molecule has 94 valence electrons. The van der Waals surface area contributed by atoms with E-state index in [2.05, 4.69) is 5.32 Å². The maximum atomic E-state index is 12.5. The summed E-state index contributed by atoms with van der Waals surface area (Å²) >= 11 is 0. The third kappa shape index (κ3) is 1.83. The van der Waals surface area contributed by atoms with Crippen molar-refractivity contribution in [3.05, 3.63) is 0 Å². The minimum atomic E-state index is -0.612. The van der Waals surface area contributed by atoms with Crippen LogP contribution >= 0.6 is 0 Å². The average molecular weight is 236 g/mol. The zero-order chi connectivity index (χ0) is 12.0. The molecule has 0 radical (unpaired) electrons. The molecule has 3 rings (SSSR count). The van der Waals surface area contributed by atoms with Gasteiger partial charge in [-0.05, 0) is 44.4 Å².